The molecule has 2 aromatic rings. The van der Waals surface area contributed by atoms with Crippen LogP contribution < -0.4 is 4.74 Å². The van der Waals surface area contributed by atoms with Crippen molar-refractivity contribution >= 4 is 15.7 Å². The maximum Gasteiger partial charge on any atom is 0.260 e. The first kappa shape index (κ1) is 22.3. The molecule has 0 saturated carbocycles. The average molecular weight is 430 g/mol. The number of rotatable bonds is 7. The highest BCUT2D eigenvalue weighted by molar-refractivity contribution is 7.91. The van der Waals surface area contributed by atoms with Crippen molar-refractivity contribution in [3.05, 3.63) is 65.7 Å². The Morgan fingerprint density at radius 2 is 1.73 bits per heavy atom. The minimum atomic E-state index is -3.08. The topological polar surface area (TPSA) is 63.7 Å². The largest absolute Gasteiger partial charge is 0.484 e. The van der Waals surface area contributed by atoms with Crippen LogP contribution in [0.2, 0.25) is 0 Å². The van der Waals surface area contributed by atoms with Gasteiger partial charge in [0.25, 0.3) is 5.91 Å². The molecule has 0 spiro atoms. The molecule has 5 nitrogen and oxygen atoms in total. The van der Waals surface area contributed by atoms with Crippen LogP contribution >= 0.6 is 0 Å². The minimum Gasteiger partial charge on any atom is -0.484 e. The van der Waals surface area contributed by atoms with Gasteiger partial charge in [0.15, 0.2) is 16.4 Å². The summed E-state index contributed by atoms with van der Waals surface area (Å²) < 4.78 is 29.7. The van der Waals surface area contributed by atoms with Gasteiger partial charge in [-0.2, -0.15) is 0 Å². The molecule has 1 unspecified atom stereocenters. The standard InChI is InChI=1S/C24H31NO4S/c1-24(2,3)20-9-11-22(12-10-20)29-17-23(26)25(21-14-16-30(27,28)18-21)15-13-19-7-5-4-6-8-19/h4-12,21H,13-18H2,1-3H3. The molecule has 0 aromatic heterocycles. The molecule has 1 fully saturated rings. The SMILES string of the molecule is CC(C)(C)c1ccc(OCC(=O)N(CCc2ccccc2)C2CCS(=O)(=O)C2)cc1. The summed E-state index contributed by atoms with van der Waals surface area (Å²) in [5, 5.41) is 0. The summed E-state index contributed by atoms with van der Waals surface area (Å²) in [4.78, 5) is 14.7. The fraction of sp³-hybridized carbons (Fsp3) is 0.458. The molecule has 3 rings (SSSR count). The lowest BCUT2D eigenvalue weighted by atomic mass is 9.87. The number of sulfone groups is 1. The summed E-state index contributed by atoms with van der Waals surface area (Å²) in [6, 6.07) is 17.4. The van der Waals surface area contributed by atoms with Crippen LogP contribution in [0.5, 0.6) is 5.75 Å². The van der Waals surface area contributed by atoms with Gasteiger partial charge in [-0.15, -0.1) is 0 Å². The van der Waals surface area contributed by atoms with Gasteiger partial charge in [0.05, 0.1) is 11.5 Å². The number of carbonyl (C=O) groups is 1. The van der Waals surface area contributed by atoms with E-state index in [4.69, 9.17) is 4.74 Å². The second-order valence-electron chi connectivity index (χ2n) is 8.94. The number of benzene rings is 2. The van der Waals surface area contributed by atoms with Crippen molar-refractivity contribution in [2.75, 3.05) is 24.7 Å². The summed E-state index contributed by atoms with van der Waals surface area (Å²) in [7, 11) is -3.08. The van der Waals surface area contributed by atoms with E-state index < -0.39 is 9.84 Å². The number of hydrogen-bond acceptors (Lipinski definition) is 4. The molecule has 1 aliphatic heterocycles. The second kappa shape index (κ2) is 9.21. The average Bonchev–Trinajstić information content (AvgIpc) is 3.06. The molecular formula is C24H31NO4S. The molecule has 0 bridgehead atoms. The van der Waals surface area contributed by atoms with Crippen molar-refractivity contribution < 1.29 is 17.9 Å². The first-order valence-electron chi connectivity index (χ1n) is 10.4. The van der Waals surface area contributed by atoms with Crippen LogP contribution in [0.1, 0.15) is 38.3 Å². The Morgan fingerprint density at radius 1 is 1.07 bits per heavy atom. The Balaban J connectivity index is 1.65. The predicted molar refractivity (Wildman–Crippen MR) is 120 cm³/mol. The highest BCUT2D eigenvalue weighted by Gasteiger charge is 2.34. The molecule has 1 heterocycles. The third-order valence-corrected chi connectivity index (χ3v) is 7.29. The van der Waals surface area contributed by atoms with Gasteiger partial charge in [-0.05, 0) is 41.5 Å². The van der Waals surface area contributed by atoms with E-state index in [0.29, 0.717) is 25.1 Å². The second-order valence-corrected chi connectivity index (χ2v) is 11.2. The smallest absolute Gasteiger partial charge is 0.260 e. The monoisotopic (exact) mass is 429 g/mol. The van der Waals surface area contributed by atoms with Crippen LogP contribution in [-0.2, 0) is 26.5 Å². The Kier molecular flexibility index (Phi) is 6.86. The predicted octanol–water partition coefficient (Wildman–Crippen LogP) is 3.62. The van der Waals surface area contributed by atoms with Gasteiger partial charge in [-0.3, -0.25) is 4.79 Å². The zero-order chi connectivity index (χ0) is 21.8. The van der Waals surface area contributed by atoms with Crippen LogP contribution in [0.25, 0.3) is 0 Å². The van der Waals surface area contributed by atoms with Crippen LogP contribution in [0.3, 0.4) is 0 Å². The molecular weight excluding hydrogens is 398 g/mol. The van der Waals surface area contributed by atoms with E-state index in [-0.39, 0.29) is 35.5 Å². The van der Waals surface area contributed by atoms with Gasteiger partial charge in [-0.1, -0.05) is 63.2 Å². The van der Waals surface area contributed by atoms with Crippen molar-refractivity contribution in [1.29, 1.82) is 0 Å². The summed E-state index contributed by atoms with van der Waals surface area (Å²) >= 11 is 0. The number of nitrogens with zero attached hydrogens (tertiary/aromatic N) is 1. The van der Waals surface area contributed by atoms with Crippen molar-refractivity contribution in [2.24, 2.45) is 0 Å². The lowest BCUT2D eigenvalue weighted by Gasteiger charge is -2.28. The number of carbonyl (C=O) groups excluding carboxylic acids is 1. The maximum absolute atomic E-state index is 13.0. The normalized spacial score (nSPS) is 18.2. The Morgan fingerprint density at radius 3 is 2.30 bits per heavy atom. The lowest BCUT2D eigenvalue weighted by molar-refractivity contribution is -0.135. The van der Waals surface area contributed by atoms with Gasteiger partial charge in [0.1, 0.15) is 5.75 Å². The zero-order valence-corrected chi connectivity index (χ0v) is 18.8. The van der Waals surface area contributed by atoms with Gasteiger partial charge in [0.2, 0.25) is 0 Å². The van der Waals surface area contributed by atoms with Crippen molar-refractivity contribution in [3.8, 4) is 5.75 Å². The minimum absolute atomic E-state index is 0.0355. The van der Waals surface area contributed by atoms with E-state index >= 15 is 0 Å². The molecule has 2 aromatic carbocycles. The fourth-order valence-electron chi connectivity index (χ4n) is 3.71. The van der Waals surface area contributed by atoms with Crippen molar-refractivity contribution in [3.63, 3.8) is 0 Å². The van der Waals surface area contributed by atoms with Crippen LogP contribution in [0.15, 0.2) is 54.6 Å². The molecule has 30 heavy (non-hydrogen) atoms. The molecule has 0 radical (unpaired) electrons. The fourth-order valence-corrected chi connectivity index (χ4v) is 5.44. The molecule has 1 amide bonds. The first-order valence-corrected chi connectivity index (χ1v) is 12.2. The number of amides is 1. The van der Waals surface area contributed by atoms with Gasteiger partial charge < -0.3 is 9.64 Å². The van der Waals surface area contributed by atoms with Crippen molar-refractivity contribution in [2.45, 2.75) is 45.1 Å². The third kappa shape index (κ3) is 6.08. The van der Waals surface area contributed by atoms with Crippen LogP contribution in [0, 0.1) is 0 Å². The Labute approximate surface area is 180 Å². The highest BCUT2D eigenvalue weighted by atomic mass is 32.2. The summed E-state index contributed by atoms with van der Waals surface area (Å²) in [5.74, 6) is 0.641. The molecule has 1 atom stereocenters. The van der Waals surface area contributed by atoms with E-state index in [1.165, 1.54) is 5.56 Å². The Hall–Kier alpha value is -2.34. The first-order chi connectivity index (χ1) is 14.1. The maximum atomic E-state index is 13.0. The quantitative estimate of drug-likeness (QED) is 0.674. The van der Waals surface area contributed by atoms with E-state index in [0.717, 1.165) is 5.56 Å². The third-order valence-electron chi connectivity index (χ3n) is 5.54. The van der Waals surface area contributed by atoms with Gasteiger partial charge in [-0.25, -0.2) is 8.42 Å². The molecule has 1 saturated heterocycles. The summed E-state index contributed by atoms with van der Waals surface area (Å²) in [6.07, 6.45) is 1.17. The molecule has 0 N–H and O–H groups in total. The van der Waals surface area contributed by atoms with Crippen LogP contribution in [0.4, 0.5) is 0 Å². The van der Waals surface area contributed by atoms with E-state index in [9.17, 15) is 13.2 Å². The molecule has 162 valence electrons. The van der Waals surface area contributed by atoms with Gasteiger partial charge in [0, 0.05) is 12.6 Å². The molecule has 1 aliphatic rings. The Bertz CT molecular complexity index is 947. The number of ether oxygens (including phenoxy) is 1. The van der Waals surface area contributed by atoms with E-state index in [1.807, 2.05) is 54.6 Å². The van der Waals surface area contributed by atoms with E-state index in [1.54, 1.807) is 4.90 Å². The summed E-state index contributed by atoms with van der Waals surface area (Å²) in [5.41, 5.74) is 2.37. The highest BCUT2D eigenvalue weighted by Crippen LogP contribution is 2.24. The van der Waals surface area contributed by atoms with E-state index in [2.05, 4.69) is 20.8 Å². The number of hydrogen-bond donors (Lipinski definition) is 0. The van der Waals surface area contributed by atoms with Crippen LogP contribution in [-0.4, -0.2) is 49.9 Å². The zero-order valence-electron chi connectivity index (χ0n) is 18.0. The lowest BCUT2D eigenvalue weighted by Crippen LogP contribution is -2.44. The summed E-state index contributed by atoms with van der Waals surface area (Å²) in [6.45, 7) is 6.82. The van der Waals surface area contributed by atoms with Gasteiger partial charge >= 0.3 is 0 Å². The molecule has 6 heteroatoms. The van der Waals surface area contributed by atoms with Crippen molar-refractivity contribution in [1.82, 2.24) is 4.90 Å². The molecule has 0 aliphatic carbocycles.